The Hall–Kier alpha value is -1.20. The van der Waals surface area contributed by atoms with Crippen LogP contribution in [-0.2, 0) is 4.84 Å². The third-order valence-corrected chi connectivity index (χ3v) is 4.44. The molecule has 2 aromatic carbocycles. The number of anilines is 2. The average Bonchev–Trinajstić information content (AvgIpc) is 2.57. The second-order valence-electron chi connectivity index (χ2n) is 6.17. The maximum absolute atomic E-state index is 14.4. The minimum absolute atomic E-state index is 0.255. The van der Waals surface area contributed by atoms with Crippen LogP contribution in [0, 0.1) is 15.2 Å². The maximum atomic E-state index is 14.4. The Labute approximate surface area is 178 Å². The van der Waals surface area contributed by atoms with Gasteiger partial charge in [0.25, 0.3) is 5.91 Å². The van der Waals surface area contributed by atoms with Gasteiger partial charge in [0.1, 0.15) is 6.61 Å². The van der Waals surface area contributed by atoms with Crippen LogP contribution >= 0.6 is 46.0 Å². The van der Waals surface area contributed by atoms with Crippen LogP contribution in [-0.4, -0.2) is 27.8 Å². The third-order valence-electron chi connectivity index (χ3n) is 3.21. The van der Waals surface area contributed by atoms with E-state index in [1.807, 2.05) is 22.6 Å². The number of aliphatic hydroxyl groups is 1. The third kappa shape index (κ3) is 5.89. The molecule has 0 aliphatic carbocycles. The van der Waals surface area contributed by atoms with Crippen molar-refractivity contribution >= 4 is 63.3 Å². The van der Waals surface area contributed by atoms with E-state index in [1.165, 1.54) is 13.8 Å². The zero-order valence-electron chi connectivity index (χ0n) is 14.2. The summed E-state index contributed by atoms with van der Waals surface area (Å²) in [6.07, 6.45) is 0. The summed E-state index contributed by atoms with van der Waals surface area (Å²) in [4.78, 5) is 17.5. The van der Waals surface area contributed by atoms with E-state index < -0.39 is 28.8 Å². The van der Waals surface area contributed by atoms with Gasteiger partial charge in [0, 0.05) is 15.3 Å². The van der Waals surface area contributed by atoms with Crippen LogP contribution < -0.4 is 5.32 Å². The molecule has 5 nitrogen and oxygen atoms in total. The van der Waals surface area contributed by atoms with Gasteiger partial charge in [-0.05, 0) is 66.8 Å². The first-order chi connectivity index (χ1) is 12.5. The van der Waals surface area contributed by atoms with Crippen molar-refractivity contribution < 1.29 is 23.5 Å². The number of benzene rings is 2. The van der Waals surface area contributed by atoms with Gasteiger partial charge in [-0.15, -0.1) is 4.58 Å². The van der Waals surface area contributed by atoms with Crippen LogP contribution in [0.25, 0.3) is 0 Å². The summed E-state index contributed by atoms with van der Waals surface area (Å²) in [6.45, 7) is 2.61. The van der Waals surface area contributed by atoms with Crippen molar-refractivity contribution in [1.29, 1.82) is 0 Å². The number of rotatable bonds is 6. The Morgan fingerprint density at radius 1 is 1.33 bits per heavy atom. The fourth-order valence-corrected chi connectivity index (χ4v) is 2.99. The lowest BCUT2D eigenvalue weighted by Crippen LogP contribution is -2.32. The molecule has 10 heteroatoms. The van der Waals surface area contributed by atoms with Gasteiger partial charge in [0.05, 0.1) is 27.6 Å². The molecule has 0 radical (unpaired) electrons. The summed E-state index contributed by atoms with van der Waals surface area (Å²) in [5.74, 6) is -3.39. The lowest BCUT2D eigenvalue weighted by Gasteiger charge is -2.21. The second-order valence-corrected chi connectivity index (χ2v) is 8.13. The van der Waals surface area contributed by atoms with Crippen molar-refractivity contribution in [2.45, 2.75) is 19.4 Å². The highest BCUT2D eigenvalue weighted by molar-refractivity contribution is 14.1. The van der Waals surface area contributed by atoms with Gasteiger partial charge in [0.15, 0.2) is 11.6 Å². The van der Waals surface area contributed by atoms with Crippen LogP contribution in [0.2, 0.25) is 5.02 Å². The van der Waals surface area contributed by atoms with Crippen molar-refractivity contribution in [3.05, 3.63) is 56.1 Å². The van der Waals surface area contributed by atoms with Crippen molar-refractivity contribution in [2.24, 2.45) is 0 Å². The van der Waals surface area contributed by atoms with Gasteiger partial charge in [-0.2, -0.15) is 0 Å². The molecule has 27 heavy (non-hydrogen) atoms. The molecule has 146 valence electrons. The smallest absolute Gasteiger partial charge is 0.295 e. The predicted molar refractivity (Wildman–Crippen MR) is 108 cm³/mol. The average molecular weight is 531 g/mol. The monoisotopic (exact) mass is 530 g/mol. The largest absolute Gasteiger partial charge is 0.388 e. The molecular formula is C17H15Cl2F2IN2O3. The fourth-order valence-electron chi connectivity index (χ4n) is 1.94. The quantitative estimate of drug-likeness (QED) is 0.303. The van der Waals surface area contributed by atoms with Crippen LogP contribution in [0.1, 0.15) is 24.2 Å². The minimum Gasteiger partial charge on any atom is -0.388 e. The number of hydroxylamine groups is 1. The molecule has 0 heterocycles. The first-order valence-electron chi connectivity index (χ1n) is 7.55. The molecule has 1 amide bonds. The van der Waals surface area contributed by atoms with Crippen LogP contribution in [0.4, 0.5) is 20.2 Å². The molecule has 0 saturated carbocycles. The van der Waals surface area contributed by atoms with E-state index in [0.29, 0.717) is 4.58 Å². The van der Waals surface area contributed by atoms with Gasteiger partial charge < -0.3 is 10.4 Å². The number of nitrogens with one attached hydrogen (secondary N) is 1. The van der Waals surface area contributed by atoms with E-state index in [1.54, 1.807) is 18.2 Å². The molecular weight excluding hydrogens is 516 g/mol. The molecule has 2 rings (SSSR count). The number of amides is 1. The Kier molecular flexibility index (Phi) is 7.26. The standard InChI is InChI=1S/C17H15Cl2F2IN2O3/c1-17(2,26)8-27-24(19)16(25)10-4-5-12(20)14(21)15(10)23-13-6-3-9(22)7-11(13)18/h3-7,23,26H,8H2,1-2H3. The van der Waals surface area contributed by atoms with Gasteiger partial charge >= 0.3 is 0 Å². The lowest BCUT2D eigenvalue weighted by atomic mass is 10.1. The van der Waals surface area contributed by atoms with E-state index in [-0.39, 0.29) is 22.9 Å². The maximum Gasteiger partial charge on any atom is 0.295 e. The Bertz CT molecular complexity index is 863. The molecule has 0 unspecified atom stereocenters. The highest BCUT2D eigenvalue weighted by atomic mass is 127. The molecule has 2 aromatic rings. The van der Waals surface area contributed by atoms with E-state index in [9.17, 15) is 18.7 Å². The summed E-state index contributed by atoms with van der Waals surface area (Å²) in [5.41, 5.74) is -1.71. The minimum atomic E-state index is -1.27. The zero-order valence-corrected chi connectivity index (χ0v) is 17.9. The van der Waals surface area contributed by atoms with Crippen molar-refractivity contribution in [3.63, 3.8) is 0 Å². The first-order valence-corrected chi connectivity index (χ1v) is 9.34. The summed E-state index contributed by atoms with van der Waals surface area (Å²) < 4.78 is 29.3. The van der Waals surface area contributed by atoms with Crippen molar-refractivity contribution in [2.75, 3.05) is 11.9 Å². The molecule has 0 spiro atoms. The van der Waals surface area contributed by atoms with E-state index >= 15 is 0 Å². The van der Waals surface area contributed by atoms with Gasteiger partial charge in [-0.1, -0.05) is 11.6 Å². The van der Waals surface area contributed by atoms with E-state index in [0.717, 1.165) is 15.7 Å². The summed E-state index contributed by atoms with van der Waals surface area (Å²) in [7, 11) is 0. The van der Waals surface area contributed by atoms with Crippen molar-refractivity contribution in [3.8, 4) is 0 Å². The molecule has 0 saturated heterocycles. The number of hydrogen-bond acceptors (Lipinski definition) is 4. The molecule has 0 aliphatic rings. The molecule has 0 aromatic heterocycles. The topological polar surface area (TPSA) is 61.8 Å². The predicted octanol–water partition coefficient (Wildman–Crippen LogP) is 5.26. The number of halogens is 5. The SMILES string of the molecule is CC(C)(O)CON(Cl)C(=O)c1ccc(F)c(F)c1Nc1ccc(I)cc1Cl. The Morgan fingerprint density at radius 2 is 2.00 bits per heavy atom. The second kappa shape index (κ2) is 8.87. The fraction of sp³-hybridized carbons (Fsp3) is 0.235. The van der Waals surface area contributed by atoms with Crippen LogP contribution in [0.3, 0.4) is 0 Å². The summed E-state index contributed by atoms with van der Waals surface area (Å²) in [5, 5.41) is 12.5. The number of nitrogens with zero attached hydrogens (tertiary/aromatic N) is 1. The number of hydrogen-bond donors (Lipinski definition) is 2. The number of carbonyl (C=O) groups excluding carboxylic acids is 1. The molecule has 0 aliphatic heterocycles. The van der Waals surface area contributed by atoms with Gasteiger partial charge in [-0.25, -0.2) is 8.78 Å². The van der Waals surface area contributed by atoms with Gasteiger partial charge in [-0.3, -0.25) is 9.63 Å². The van der Waals surface area contributed by atoms with Crippen LogP contribution in [0.15, 0.2) is 30.3 Å². The number of carbonyl (C=O) groups is 1. The van der Waals surface area contributed by atoms with Gasteiger partial charge in [0.2, 0.25) is 0 Å². The van der Waals surface area contributed by atoms with Crippen molar-refractivity contribution in [1.82, 2.24) is 4.58 Å². The zero-order chi connectivity index (χ0) is 20.4. The lowest BCUT2D eigenvalue weighted by molar-refractivity contribution is -0.115. The molecule has 2 N–H and O–H groups in total. The highest BCUT2D eigenvalue weighted by Crippen LogP contribution is 2.32. The summed E-state index contributed by atoms with van der Waals surface area (Å²) >= 11 is 13.9. The first kappa shape index (κ1) is 22.1. The molecule has 0 fully saturated rings. The Balaban J connectivity index is 2.37. The van der Waals surface area contributed by atoms with E-state index in [4.69, 9.17) is 28.2 Å². The molecule has 0 bridgehead atoms. The van der Waals surface area contributed by atoms with E-state index in [2.05, 4.69) is 5.32 Å². The highest BCUT2D eigenvalue weighted by Gasteiger charge is 2.25. The summed E-state index contributed by atoms with van der Waals surface area (Å²) in [6, 6.07) is 6.74. The normalized spacial score (nSPS) is 11.4. The Morgan fingerprint density at radius 3 is 2.59 bits per heavy atom. The molecule has 0 atom stereocenters. The van der Waals surface area contributed by atoms with Crippen LogP contribution in [0.5, 0.6) is 0 Å².